The Hall–Kier alpha value is -1.33. The van der Waals surface area contributed by atoms with E-state index in [2.05, 4.69) is 29.9 Å². The number of thiophene rings is 1. The van der Waals surface area contributed by atoms with Crippen molar-refractivity contribution in [1.82, 2.24) is 9.47 Å². The lowest BCUT2D eigenvalue weighted by atomic mass is 10.2. The van der Waals surface area contributed by atoms with Crippen LogP contribution >= 0.6 is 11.3 Å². The monoisotopic (exact) mass is 306 g/mol. The van der Waals surface area contributed by atoms with E-state index in [0.717, 1.165) is 11.2 Å². The van der Waals surface area contributed by atoms with Gasteiger partial charge in [0.1, 0.15) is 5.69 Å². The molecule has 5 heteroatoms. The Morgan fingerprint density at radius 2 is 2.00 bits per heavy atom. The van der Waals surface area contributed by atoms with Gasteiger partial charge in [0.05, 0.1) is 22.4 Å². The molecular weight excluding hydrogens is 284 g/mol. The molecule has 1 fully saturated rings. The van der Waals surface area contributed by atoms with E-state index < -0.39 is 0 Å². The second kappa shape index (κ2) is 5.46. The van der Waals surface area contributed by atoms with Crippen LogP contribution in [0.5, 0.6) is 0 Å². The Balaban J connectivity index is 1.97. The molecule has 0 aliphatic carbocycles. The molecule has 0 saturated carbocycles. The highest BCUT2D eigenvalue weighted by atomic mass is 32.1. The van der Waals surface area contributed by atoms with Crippen molar-refractivity contribution in [2.75, 3.05) is 13.1 Å². The van der Waals surface area contributed by atoms with Crippen LogP contribution in [0, 0.1) is 0 Å². The smallest absolute Gasteiger partial charge is 0.270 e. The molecule has 0 bridgehead atoms. The van der Waals surface area contributed by atoms with Crippen molar-refractivity contribution in [3.63, 3.8) is 0 Å². The minimum atomic E-state index is 0.0984. The maximum Gasteiger partial charge on any atom is 0.270 e. The molecule has 2 unspecified atom stereocenters. The predicted octanol–water partition coefficient (Wildman–Crippen LogP) is 3.53. The van der Waals surface area contributed by atoms with Crippen LogP contribution in [0.1, 0.15) is 44.2 Å². The fraction of sp³-hybridized carbons (Fsp3) is 0.562. The number of ether oxygens (including phenoxy) is 1. The number of hydrogen-bond acceptors (Lipinski definition) is 3. The summed E-state index contributed by atoms with van der Waals surface area (Å²) in [4.78, 5) is 14.9. The molecule has 0 N–H and O–H groups in total. The zero-order chi connectivity index (χ0) is 15.1. The number of nitrogens with zero attached hydrogens (tertiary/aromatic N) is 2. The lowest BCUT2D eigenvalue weighted by Gasteiger charge is -2.35. The quantitative estimate of drug-likeness (QED) is 0.850. The topological polar surface area (TPSA) is 34.5 Å². The zero-order valence-electron chi connectivity index (χ0n) is 13.0. The number of amides is 1. The van der Waals surface area contributed by atoms with Crippen LogP contribution in [0.25, 0.3) is 10.2 Å². The third-order valence-corrected chi connectivity index (χ3v) is 4.76. The molecule has 1 aliphatic rings. The van der Waals surface area contributed by atoms with E-state index in [9.17, 15) is 4.79 Å². The van der Waals surface area contributed by atoms with Gasteiger partial charge in [-0.15, -0.1) is 11.3 Å². The normalized spacial score (nSPS) is 23.2. The summed E-state index contributed by atoms with van der Waals surface area (Å²) in [6.45, 7) is 9.63. The first-order valence-electron chi connectivity index (χ1n) is 7.50. The van der Waals surface area contributed by atoms with Crippen LogP contribution in [-0.2, 0) is 4.74 Å². The van der Waals surface area contributed by atoms with Gasteiger partial charge in [-0.3, -0.25) is 4.79 Å². The van der Waals surface area contributed by atoms with Gasteiger partial charge < -0.3 is 14.2 Å². The lowest BCUT2D eigenvalue weighted by molar-refractivity contribution is -0.0588. The molecule has 21 heavy (non-hydrogen) atoms. The van der Waals surface area contributed by atoms with Gasteiger partial charge in [0.2, 0.25) is 0 Å². The van der Waals surface area contributed by atoms with Gasteiger partial charge in [-0.1, -0.05) is 0 Å². The zero-order valence-corrected chi connectivity index (χ0v) is 13.8. The first kappa shape index (κ1) is 14.6. The van der Waals surface area contributed by atoms with Crippen LogP contribution < -0.4 is 0 Å². The summed E-state index contributed by atoms with van der Waals surface area (Å²) in [6, 6.07) is 4.40. The molecule has 114 valence electrons. The van der Waals surface area contributed by atoms with Crippen LogP contribution in [0.3, 0.4) is 0 Å². The number of aromatic nitrogens is 1. The maximum atomic E-state index is 12.9. The number of hydrogen-bond donors (Lipinski definition) is 0. The average Bonchev–Trinajstić information content (AvgIpc) is 2.95. The summed E-state index contributed by atoms with van der Waals surface area (Å²) in [7, 11) is 0. The molecule has 3 rings (SSSR count). The van der Waals surface area contributed by atoms with E-state index in [-0.39, 0.29) is 24.2 Å². The maximum absolute atomic E-state index is 12.9. The summed E-state index contributed by atoms with van der Waals surface area (Å²) >= 11 is 1.69. The van der Waals surface area contributed by atoms with Gasteiger partial charge in [-0.2, -0.15) is 0 Å². The van der Waals surface area contributed by atoms with Crippen LogP contribution in [0.4, 0.5) is 0 Å². The van der Waals surface area contributed by atoms with E-state index >= 15 is 0 Å². The highest BCUT2D eigenvalue weighted by Gasteiger charge is 2.29. The van der Waals surface area contributed by atoms with E-state index in [0.29, 0.717) is 13.1 Å². The second-order valence-corrected chi connectivity index (χ2v) is 7.08. The van der Waals surface area contributed by atoms with Crippen LogP contribution in [-0.4, -0.2) is 40.7 Å². The van der Waals surface area contributed by atoms with Crippen molar-refractivity contribution in [2.24, 2.45) is 0 Å². The molecule has 2 aromatic rings. The summed E-state index contributed by atoms with van der Waals surface area (Å²) in [5.74, 6) is 0.120. The van der Waals surface area contributed by atoms with Crippen molar-refractivity contribution >= 4 is 27.5 Å². The summed E-state index contributed by atoms with van der Waals surface area (Å²) in [6.07, 6.45) is 0.197. The first-order chi connectivity index (χ1) is 9.97. The fourth-order valence-corrected chi connectivity index (χ4v) is 3.98. The SMILES string of the molecule is CC1CN(C(=O)c2cc3sccc3n2C(C)C)CC(C)O1. The summed E-state index contributed by atoms with van der Waals surface area (Å²) in [5, 5.41) is 2.08. The van der Waals surface area contributed by atoms with Crippen molar-refractivity contribution in [3.05, 3.63) is 23.2 Å². The minimum absolute atomic E-state index is 0.0984. The van der Waals surface area contributed by atoms with Crippen molar-refractivity contribution in [1.29, 1.82) is 0 Å². The number of rotatable bonds is 2. The number of carbonyl (C=O) groups excluding carboxylic acids is 1. The summed E-state index contributed by atoms with van der Waals surface area (Å²) < 4.78 is 9.06. The van der Waals surface area contributed by atoms with E-state index in [1.54, 1.807) is 11.3 Å². The van der Waals surface area contributed by atoms with Crippen LogP contribution in [0.15, 0.2) is 17.5 Å². The molecule has 0 spiro atoms. The van der Waals surface area contributed by atoms with Gasteiger partial charge >= 0.3 is 0 Å². The number of carbonyl (C=O) groups is 1. The van der Waals surface area contributed by atoms with Gasteiger partial charge in [-0.25, -0.2) is 0 Å². The number of fused-ring (bicyclic) bond motifs is 1. The molecule has 3 heterocycles. The third kappa shape index (κ3) is 2.60. The van der Waals surface area contributed by atoms with Crippen LogP contribution in [0.2, 0.25) is 0 Å². The van der Waals surface area contributed by atoms with E-state index in [1.165, 1.54) is 4.70 Å². The van der Waals surface area contributed by atoms with E-state index in [4.69, 9.17) is 4.74 Å². The van der Waals surface area contributed by atoms with Gasteiger partial charge in [0.25, 0.3) is 5.91 Å². The number of morpholine rings is 1. The molecule has 2 aromatic heterocycles. The molecule has 0 aromatic carbocycles. The molecular formula is C16H22N2O2S. The molecule has 1 amide bonds. The van der Waals surface area contributed by atoms with Gasteiger partial charge in [-0.05, 0) is 45.2 Å². The Bertz CT molecular complexity index is 648. The molecule has 4 nitrogen and oxygen atoms in total. The Morgan fingerprint density at radius 1 is 1.33 bits per heavy atom. The first-order valence-corrected chi connectivity index (χ1v) is 8.38. The third-order valence-electron chi connectivity index (χ3n) is 3.90. The van der Waals surface area contributed by atoms with E-state index in [1.807, 2.05) is 24.8 Å². The second-order valence-electron chi connectivity index (χ2n) is 6.13. The van der Waals surface area contributed by atoms with Crippen molar-refractivity contribution in [2.45, 2.75) is 45.9 Å². The lowest BCUT2D eigenvalue weighted by Crippen LogP contribution is -2.48. The fourth-order valence-electron chi connectivity index (χ4n) is 3.17. The summed E-state index contributed by atoms with van der Waals surface area (Å²) in [5.41, 5.74) is 1.96. The molecule has 1 saturated heterocycles. The van der Waals surface area contributed by atoms with Gasteiger partial charge in [0, 0.05) is 19.1 Å². The largest absolute Gasteiger partial charge is 0.372 e. The van der Waals surface area contributed by atoms with Gasteiger partial charge in [0.15, 0.2) is 0 Å². The van der Waals surface area contributed by atoms with Crippen molar-refractivity contribution < 1.29 is 9.53 Å². The Kier molecular flexibility index (Phi) is 3.80. The predicted molar refractivity (Wildman–Crippen MR) is 86.1 cm³/mol. The Labute approximate surface area is 129 Å². The molecule has 0 radical (unpaired) electrons. The molecule has 2 atom stereocenters. The highest BCUT2D eigenvalue weighted by Crippen LogP contribution is 2.29. The average molecular weight is 306 g/mol. The Morgan fingerprint density at radius 3 is 2.62 bits per heavy atom. The molecule has 1 aliphatic heterocycles. The highest BCUT2D eigenvalue weighted by molar-refractivity contribution is 7.17. The standard InChI is InChI=1S/C16H22N2O2S/c1-10(2)18-13-5-6-21-15(13)7-14(18)16(19)17-8-11(3)20-12(4)9-17/h5-7,10-12H,8-9H2,1-4H3. The van der Waals surface area contributed by atoms with Crippen molar-refractivity contribution in [3.8, 4) is 0 Å². The minimum Gasteiger partial charge on any atom is -0.372 e.